The number of carbonyl (C=O) groups is 2. The molecular weight excluding hydrogens is 571 g/mol. The fourth-order valence-electron chi connectivity index (χ4n) is 4.29. The quantitative estimate of drug-likeness (QED) is 0.176. The number of benzene rings is 3. The van der Waals surface area contributed by atoms with Crippen molar-refractivity contribution in [3.8, 4) is 5.75 Å². The van der Waals surface area contributed by atoms with Crippen molar-refractivity contribution in [1.82, 2.24) is 10.2 Å². The zero-order valence-corrected chi connectivity index (χ0v) is 26.6. The molecule has 0 saturated heterocycles. The highest BCUT2D eigenvalue weighted by Crippen LogP contribution is 2.28. The lowest BCUT2D eigenvalue weighted by molar-refractivity contribution is -0.139. The largest absolute Gasteiger partial charge is 0.494 e. The second-order valence-electron chi connectivity index (χ2n) is 9.94. The summed E-state index contributed by atoms with van der Waals surface area (Å²) in [7, 11) is -4.14. The molecule has 0 fully saturated rings. The third-order valence-corrected chi connectivity index (χ3v) is 9.36. The summed E-state index contributed by atoms with van der Waals surface area (Å²) in [5.41, 5.74) is 2.23. The second kappa shape index (κ2) is 15.7. The lowest BCUT2D eigenvalue weighted by atomic mass is 10.1. The number of rotatable bonds is 15. The highest BCUT2D eigenvalue weighted by Gasteiger charge is 2.32. The van der Waals surface area contributed by atoms with E-state index >= 15 is 0 Å². The van der Waals surface area contributed by atoms with Crippen LogP contribution in [0.5, 0.6) is 5.75 Å². The van der Waals surface area contributed by atoms with Crippen molar-refractivity contribution in [2.45, 2.75) is 62.9 Å². The van der Waals surface area contributed by atoms with Crippen molar-refractivity contribution < 1.29 is 22.7 Å². The average molecular weight is 612 g/mol. The van der Waals surface area contributed by atoms with Gasteiger partial charge in [0.2, 0.25) is 11.8 Å². The lowest BCUT2D eigenvalue weighted by Gasteiger charge is -2.32. The van der Waals surface area contributed by atoms with E-state index in [-0.39, 0.29) is 17.3 Å². The number of anilines is 1. The molecule has 0 aliphatic carbocycles. The number of nitrogens with one attached hydrogen (secondary N) is 1. The maximum absolute atomic E-state index is 14.0. The van der Waals surface area contributed by atoms with Crippen LogP contribution in [0.2, 0.25) is 0 Å². The minimum Gasteiger partial charge on any atom is -0.494 e. The first-order valence-corrected chi connectivity index (χ1v) is 16.8. The van der Waals surface area contributed by atoms with E-state index in [0.29, 0.717) is 24.6 Å². The Bertz CT molecular complexity index is 1410. The predicted molar refractivity (Wildman–Crippen MR) is 169 cm³/mol. The molecule has 0 unspecified atom stereocenters. The van der Waals surface area contributed by atoms with Crippen molar-refractivity contribution in [1.29, 1.82) is 0 Å². The molecule has 2 amide bonds. The van der Waals surface area contributed by atoms with Gasteiger partial charge in [-0.25, -0.2) is 8.42 Å². The molecule has 10 heteroatoms. The van der Waals surface area contributed by atoms with Crippen LogP contribution in [0, 0.1) is 6.92 Å². The molecule has 0 saturated carbocycles. The van der Waals surface area contributed by atoms with Gasteiger partial charge in [-0.2, -0.15) is 0 Å². The number of hydrogen-bond donors (Lipinski definition) is 1. The number of nitrogens with zero attached hydrogens (tertiary/aromatic N) is 2. The predicted octanol–water partition coefficient (Wildman–Crippen LogP) is 5.64. The Hall–Kier alpha value is -3.50. The van der Waals surface area contributed by atoms with Gasteiger partial charge >= 0.3 is 0 Å². The van der Waals surface area contributed by atoms with Crippen LogP contribution in [0.4, 0.5) is 5.69 Å². The molecule has 1 atom stereocenters. The molecule has 0 aliphatic rings. The molecule has 226 valence electrons. The Kier molecular flexibility index (Phi) is 12.3. The van der Waals surface area contributed by atoms with Crippen LogP contribution in [-0.2, 0) is 26.2 Å². The molecule has 42 heavy (non-hydrogen) atoms. The Balaban J connectivity index is 2.00. The summed E-state index contributed by atoms with van der Waals surface area (Å²) < 4.78 is 34.7. The Morgan fingerprint density at radius 3 is 2.17 bits per heavy atom. The first-order chi connectivity index (χ1) is 20.1. The molecule has 0 spiro atoms. The van der Waals surface area contributed by atoms with Gasteiger partial charge in [0.15, 0.2) is 0 Å². The Morgan fingerprint density at radius 2 is 1.60 bits per heavy atom. The van der Waals surface area contributed by atoms with Crippen LogP contribution >= 0.6 is 11.8 Å². The molecule has 0 aromatic heterocycles. The molecule has 0 heterocycles. The lowest BCUT2D eigenvalue weighted by Crippen LogP contribution is -2.51. The molecule has 0 bridgehead atoms. The molecule has 3 rings (SSSR count). The summed E-state index contributed by atoms with van der Waals surface area (Å²) >= 11 is 1.51. The minimum absolute atomic E-state index is 0.0671. The third kappa shape index (κ3) is 8.75. The third-order valence-electron chi connectivity index (χ3n) is 6.83. The van der Waals surface area contributed by atoms with Crippen LogP contribution in [0.15, 0.2) is 82.6 Å². The van der Waals surface area contributed by atoms with Gasteiger partial charge < -0.3 is 15.0 Å². The summed E-state index contributed by atoms with van der Waals surface area (Å²) in [6.07, 6.45) is 3.66. The average Bonchev–Trinajstić information content (AvgIpc) is 2.99. The SMILES string of the molecule is CCCCNC(=O)[C@H](C)N(Cc1ccc(C)cc1)C(=O)CN(c1ccc(OCC)cc1)S(=O)(=O)c1ccc(SC)cc1. The van der Waals surface area contributed by atoms with Crippen molar-refractivity contribution >= 4 is 39.3 Å². The molecular formula is C32H41N3O5S2. The number of amides is 2. The standard InChI is InChI=1S/C32H41N3O5S2/c1-6-8-21-33-32(37)25(4)34(22-26-11-9-24(3)10-12-26)31(36)23-35(27-13-15-28(16-14-27)40-7-2)42(38,39)30-19-17-29(41-5)18-20-30/h9-20,25H,6-8,21-23H2,1-5H3,(H,33,37)/t25-/m0/s1. The van der Waals surface area contributed by atoms with E-state index in [0.717, 1.165) is 33.2 Å². The van der Waals surface area contributed by atoms with Crippen LogP contribution in [0.3, 0.4) is 0 Å². The number of sulfonamides is 1. The van der Waals surface area contributed by atoms with Gasteiger partial charge in [-0.3, -0.25) is 13.9 Å². The molecule has 8 nitrogen and oxygen atoms in total. The van der Waals surface area contributed by atoms with Gasteiger partial charge in [-0.1, -0.05) is 43.2 Å². The fraction of sp³-hybridized carbons (Fsp3) is 0.375. The van der Waals surface area contributed by atoms with Crippen molar-refractivity contribution in [2.75, 3.05) is 30.3 Å². The zero-order chi connectivity index (χ0) is 30.7. The van der Waals surface area contributed by atoms with Crippen molar-refractivity contribution in [3.63, 3.8) is 0 Å². The van der Waals surface area contributed by atoms with E-state index < -0.39 is 28.5 Å². The van der Waals surface area contributed by atoms with E-state index in [1.54, 1.807) is 55.5 Å². The number of carbonyl (C=O) groups excluding carboxylic acids is 2. The van der Waals surface area contributed by atoms with Gasteiger partial charge in [0, 0.05) is 18.0 Å². The van der Waals surface area contributed by atoms with Crippen LogP contribution in [-0.4, -0.2) is 57.1 Å². The molecule has 3 aromatic rings. The summed E-state index contributed by atoms with van der Waals surface area (Å²) in [5, 5.41) is 2.90. The number of thioether (sulfide) groups is 1. The molecule has 0 aliphatic heterocycles. The smallest absolute Gasteiger partial charge is 0.264 e. The van der Waals surface area contributed by atoms with Gasteiger partial charge in [0.25, 0.3) is 10.0 Å². The number of unbranched alkanes of at least 4 members (excludes halogenated alkanes) is 1. The zero-order valence-electron chi connectivity index (χ0n) is 25.0. The summed E-state index contributed by atoms with van der Waals surface area (Å²) in [4.78, 5) is 29.6. The van der Waals surface area contributed by atoms with Gasteiger partial charge in [-0.15, -0.1) is 11.8 Å². The Morgan fingerprint density at radius 1 is 0.952 bits per heavy atom. The van der Waals surface area contributed by atoms with E-state index in [9.17, 15) is 18.0 Å². The number of aryl methyl sites for hydroxylation is 1. The monoisotopic (exact) mass is 611 g/mol. The number of hydrogen-bond acceptors (Lipinski definition) is 6. The van der Waals surface area contributed by atoms with Crippen LogP contribution < -0.4 is 14.4 Å². The highest BCUT2D eigenvalue weighted by molar-refractivity contribution is 7.98. The molecule has 3 aromatic carbocycles. The first-order valence-electron chi connectivity index (χ1n) is 14.1. The highest BCUT2D eigenvalue weighted by atomic mass is 32.2. The summed E-state index contributed by atoms with van der Waals surface area (Å²) in [5.74, 6) is -0.188. The summed E-state index contributed by atoms with van der Waals surface area (Å²) in [6, 6.07) is 20.0. The topological polar surface area (TPSA) is 96.0 Å². The van der Waals surface area contributed by atoms with Crippen molar-refractivity contribution in [3.05, 3.63) is 83.9 Å². The maximum atomic E-state index is 14.0. The van der Waals surface area contributed by atoms with Gasteiger partial charge in [0.1, 0.15) is 18.3 Å². The fourth-order valence-corrected chi connectivity index (χ4v) is 6.11. The van der Waals surface area contributed by atoms with Crippen LogP contribution in [0.25, 0.3) is 0 Å². The van der Waals surface area contributed by atoms with E-state index in [2.05, 4.69) is 5.32 Å². The van der Waals surface area contributed by atoms with Crippen molar-refractivity contribution in [2.24, 2.45) is 0 Å². The first kappa shape index (κ1) is 33.0. The maximum Gasteiger partial charge on any atom is 0.264 e. The Labute approximate surface area is 254 Å². The second-order valence-corrected chi connectivity index (χ2v) is 12.7. The normalized spacial score (nSPS) is 11.9. The molecule has 0 radical (unpaired) electrons. The molecule has 1 N–H and O–H groups in total. The van der Waals surface area contributed by atoms with Crippen LogP contribution in [0.1, 0.15) is 44.7 Å². The summed E-state index contributed by atoms with van der Waals surface area (Å²) in [6.45, 7) is 8.18. The van der Waals surface area contributed by atoms with Gasteiger partial charge in [0.05, 0.1) is 17.2 Å². The van der Waals surface area contributed by atoms with E-state index in [1.165, 1.54) is 16.7 Å². The number of ether oxygens (including phenoxy) is 1. The minimum atomic E-state index is -4.14. The van der Waals surface area contributed by atoms with E-state index in [4.69, 9.17) is 4.74 Å². The van der Waals surface area contributed by atoms with Gasteiger partial charge in [-0.05, 0) is 87.5 Å². The van der Waals surface area contributed by atoms with E-state index in [1.807, 2.05) is 51.3 Å².